The monoisotopic (exact) mass is 311 g/mol. The quantitative estimate of drug-likeness (QED) is 0.848. The second kappa shape index (κ2) is 6.78. The van der Waals surface area contributed by atoms with Gasteiger partial charge in [-0.05, 0) is 18.2 Å². The van der Waals surface area contributed by atoms with Crippen LogP contribution < -0.4 is 10.6 Å². The maximum Gasteiger partial charge on any atom is 0.304 e. The molecule has 6 nitrogen and oxygen atoms in total. The lowest BCUT2D eigenvalue weighted by atomic mass is 10.1. The van der Waals surface area contributed by atoms with Crippen molar-refractivity contribution >= 4 is 29.2 Å². The summed E-state index contributed by atoms with van der Waals surface area (Å²) in [6.45, 7) is 3.51. The van der Waals surface area contributed by atoms with Gasteiger partial charge in [-0.2, -0.15) is 0 Å². The van der Waals surface area contributed by atoms with Crippen molar-refractivity contribution in [1.82, 2.24) is 4.90 Å². The molecular formula is C14H18ClN3O3. The molecule has 3 N–H and O–H groups in total. The number of carbonyl (C=O) groups excluding carboxylic acids is 1. The molecule has 0 aromatic heterocycles. The van der Waals surface area contributed by atoms with Crippen LogP contribution >= 0.6 is 11.6 Å². The first-order valence-electron chi connectivity index (χ1n) is 6.76. The van der Waals surface area contributed by atoms with Gasteiger partial charge in [0.15, 0.2) is 0 Å². The fourth-order valence-electron chi connectivity index (χ4n) is 2.45. The summed E-state index contributed by atoms with van der Waals surface area (Å²) in [7, 11) is 0. The maximum absolute atomic E-state index is 11.5. The second-order valence-corrected chi connectivity index (χ2v) is 5.43. The van der Waals surface area contributed by atoms with E-state index in [1.807, 2.05) is 0 Å². The van der Waals surface area contributed by atoms with Crippen LogP contribution in [0.4, 0.5) is 5.69 Å². The molecule has 2 rings (SSSR count). The molecule has 1 amide bonds. The Kier molecular flexibility index (Phi) is 5.03. The van der Waals surface area contributed by atoms with Crippen molar-refractivity contribution in [2.45, 2.75) is 6.42 Å². The Morgan fingerprint density at radius 2 is 1.90 bits per heavy atom. The zero-order valence-corrected chi connectivity index (χ0v) is 12.3. The Morgan fingerprint density at radius 3 is 2.48 bits per heavy atom. The van der Waals surface area contributed by atoms with Gasteiger partial charge in [0, 0.05) is 43.4 Å². The minimum Gasteiger partial charge on any atom is -0.481 e. The molecule has 1 fully saturated rings. The molecule has 0 unspecified atom stereocenters. The van der Waals surface area contributed by atoms with Crippen molar-refractivity contribution in [3.05, 3.63) is 28.8 Å². The zero-order chi connectivity index (χ0) is 15.4. The lowest BCUT2D eigenvalue weighted by Gasteiger charge is -2.36. The Bertz CT molecular complexity index is 542. The predicted molar refractivity (Wildman–Crippen MR) is 80.9 cm³/mol. The van der Waals surface area contributed by atoms with Crippen molar-refractivity contribution in [3.8, 4) is 0 Å². The van der Waals surface area contributed by atoms with Crippen molar-refractivity contribution in [3.63, 3.8) is 0 Å². The molecule has 1 heterocycles. The highest BCUT2D eigenvalue weighted by Gasteiger charge is 2.21. The maximum atomic E-state index is 11.5. The molecule has 1 aromatic carbocycles. The van der Waals surface area contributed by atoms with Crippen LogP contribution in [-0.4, -0.2) is 54.6 Å². The van der Waals surface area contributed by atoms with E-state index >= 15 is 0 Å². The van der Waals surface area contributed by atoms with E-state index in [9.17, 15) is 9.59 Å². The number of hydrogen-bond donors (Lipinski definition) is 2. The van der Waals surface area contributed by atoms with Crippen LogP contribution in [0.2, 0.25) is 5.02 Å². The van der Waals surface area contributed by atoms with Crippen molar-refractivity contribution in [1.29, 1.82) is 0 Å². The molecule has 7 heteroatoms. The van der Waals surface area contributed by atoms with Crippen molar-refractivity contribution < 1.29 is 14.7 Å². The molecule has 0 atom stereocenters. The second-order valence-electron chi connectivity index (χ2n) is 5.00. The highest BCUT2D eigenvalue weighted by molar-refractivity contribution is 6.31. The minimum atomic E-state index is -0.786. The topological polar surface area (TPSA) is 86.9 Å². The van der Waals surface area contributed by atoms with Gasteiger partial charge in [0.25, 0.3) is 5.91 Å². The lowest BCUT2D eigenvalue weighted by Crippen LogP contribution is -2.47. The van der Waals surface area contributed by atoms with Crippen molar-refractivity contribution in [2.75, 3.05) is 37.6 Å². The highest BCUT2D eigenvalue weighted by atomic mass is 35.5. The van der Waals surface area contributed by atoms with Crippen LogP contribution in [0.3, 0.4) is 0 Å². The summed E-state index contributed by atoms with van der Waals surface area (Å²) in [6.07, 6.45) is 0.146. The number of nitrogens with zero attached hydrogens (tertiary/aromatic N) is 2. The number of anilines is 1. The Hall–Kier alpha value is -1.79. The summed E-state index contributed by atoms with van der Waals surface area (Å²) in [4.78, 5) is 26.3. The molecule has 1 saturated heterocycles. The van der Waals surface area contributed by atoms with E-state index < -0.39 is 11.9 Å². The Morgan fingerprint density at radius 1 is 1.24 bits per heavy atom. The summed E-state index contributed by atoms with van der Waals surface area (Å²) < 4.78 is 0. The van der Waals surface area contributed by atoms with Crippen LogP contribution in [0.15, 0.2) is 18.2 Å². The van der Waals surface area contributed by atoms with E-state index in [2.05, 4.69) is 9.80 Å². The zero-order valence-electron chi connectivity index (χ0n) is 11.6. The fraction of sp³-hybridized carbons (Fsp3) is 0.429. The number of piperazine rings is 1. The van der Waals surface area contributed by atoms with Crippen molar-refractivity contribution in [2.24, 2.45) is 5.73 Å². The first-order valence-corrected chi connectivity index (χ1v) is 7.13. The molecule has 1 aliphatic heterocycles. The number of benzene rings is 1. The number of rotatable bonds is 5. The molecular weight excluding hydrogens is 294 g/mol. The van der Waals surface area contributed by atoms with Gasteiger partial charge in [0.1, 0.15) is 0 Å². The van der Waals surface area contributed by atoms with E-state index in [0.717, 1.165) is 31.9 Å². The number of hydrogen-bond acceptors (Lipinski definition) is 4. The molecule has 1 aromatic rings. The molecule has 21 heavy (non-hydrogen) atoms. The van der Waals surface area contributed by atoms with Crippen LogP contribution in [-0.2, 0) is 4.79 Å². The average molecular weight is 312 g/mol. The first-order chi connectivity index (χ1) is 9.97. The van der Waals surface area contributed by atoms with Gasteiger partial charge in [-0.25, -0.2) is 0 Å². The number of aliphatic carboxylic acids is 1. The lowest BCUT2D eigenvalue weighted by molar-refractivity contribution is -0.137. The van der Waals surface area contributed by atoms with E-state index in [1.165, 1.54) is 0 Å². The number of carboxylic acid groups (broad SMARTS) is 1. The van der Waals surface area contributed by atoms with Gasteiger partial charge in [-0.3, -0.25) is 14.5 Å². The molecule has 0 bridgehead atoms. The van der Waals surface area contributed by atoms with Crippen LogP contribution in [0.5, 0.6) is 0 Å². The van der Waals surface area contributed by atoms with E-state index in [-0.39, 0.29) is 6.42 Å². The third kappa shape index (κ3) is 4.09. The molecule has 0 saturated carbocycles. The van der Waals surface area contributed by atoms with E-state index in [0.29, 0.717) is 17.1 Å². The predicted octanol–water partition coefficient (Wildman–Crippen LogP) is 1.04. The number of carboxylic acids is 1. The first kappa shape index (κ1) is 15.6. The Labute approximate surface area is 128 Å². The summed E-state index contributed by atoms with van der Waals surface area (Å²) in [5, 5.41) is 9.18. The average Bonchev–Trinajstić information content (AvgIpc) is 2.45. The third-order valence-electron chi connectivity index (χ3n) is 3.58. The van der Waals surface area contributed by atoms with Gasteiger partial charge >= 0.3 is 5.97 Å². The molecule has 1 aliphatic rings. The largest absolute Gasteiger partial charge is 0.481 e. The van der Waals surface area contributed by atoms with Crippen LogP contribution in [0.1, 0.15) is 16.8 Å². The van der Waals surface area contributed by atoms with Gasteiger partial charge in [0.2, 0.25) is 0 Å². The normalized spacial score (nSPS) is 16.0. The number of halogens is 1. The molecule has 114 valence electrons. The summed E-state index contributed by atoms with van der Waals surface area (Å²) in [5.74, 6) is -1.29. The van der Waals surface area contributed by atoms with Gasteiger partial charge in [-0.1, -0.05) is 11.6 Å². The van der Waals surface area contributed by atoms with E-state index in [1.54, 1.807) is 18.2 Å². The number of primary amides is 1. The fourth-order valence-corrected chi connectivity index (χ4v) is 2.62. The van der Waals surface area contributed by atoms with Gasteiger partial charge in [-0.15, -0.1) is 0 Å². The Balaban J connectivity index is 2.02. The summed E-state index contributed by atoms with van der Waals surface area (Å²) in [6, 6.07) is 5.12. The minimum absolute atomic E-state index is 0.146. The number of nitrogens with two attached hydrogens (primary N) is 1. The molecule has 0 radical (unpaired) electrons. The number of carbonyl (C=O) groups is 2. The molecule has 0 aliphatic carbocycles. The third-order valence-corrected chi connectivity index (χ3v) is 3.81. The SMILES string of the molecule is NC(=O)c1cc(Cl)ccc1N1CCN(CCC(=O)O)CC1. The molecule has 0 spiro atoms. The van der Waals surface area contributed by atoms with Gasteiger partial charge in [0.05, 0.1) is 12.0 Å². The van der Waals surface area contributed by atoms with Crippen LogP contribution in [0.25, 0.3) is 0 Å². The smallest absolute Gasteiger partial charge is 0.304 e. The van der Waals surface area contributed by atoms with Crippen LogP contribution in [0, 0.1) is 0 Å². The standard InChI is InChI=1S/C14H18ClN3O3/c15-10-1-2-12(11(9-10)14(16)21)18-7-5-17(6-8-18)4-3-13(19)20/h1-2,9H,3-8H2,(H2,16,21)(H,19,20). The highest BCUT2D eigenvalue weighted by Crippen LogP contribution is 2.25. The van der Waals surface area contributed by atoms with Gasteiger partial charge < -0.3 is 15.7 Å². The number of amides is 1. The summed E-state index contributed by atoms with van der Waals surface area (Å²) >= 11 is 5.90. The summed E-state index contributed by atoms with van der Waals surface area (Å²) in [5.41, 5.74) is 6.60. The van der Waals surface area contributed by atoms with E-state index in [4.69, 9.17) is 22.4 Å².